The molecular weight excluding hydrogens is 984 g/mol. The van der Waals surface area contributed by atoms with Gasteiger partial charge in [-0.15, -0.1) is 11.3 Å². The molecule has 6 heterocycles. The summed E-state index contributed by atoms with van der Waals surface area (Å²) in [5, 5.41) is 26.6. The van der Waals surface area contributed by atoms with Crippen LogP contribution in [0.4, 0.5) is 17.4 Å². The largest absolute Gasteiger partial charge is 0.479 e. The first kappa shape index (κ1) is 47.8. The lowest BCUT2D eigenvalue weighted by atomic mass is 9.77. The lowest BCUT2D eigenvalue weighted by Crippen LogP contribution is -2.55. The Morgan fingerprint density at radius 1 is 1.01 bits per heavy atom. The molecule has 2 bridgehead atoms. The van der Waals surface area contributed by atoms with Crippen LogP contribution in [-0.2, 0) is 30.2 Å². The maximum Gasteiger partial charge on any atom is 0.349 e. The van der Waals surface area contributed by atoms with Gasteiger partial charge in [0.05, 0.1) is 16.3 Å². The number of rotatable bonds is 13. The number of anilines is 3. The molecule has 5 aliphatic rings. The van der Waals surface area contributed by atoms with Crippen LogP contribution in [0.2, 0.25) is 5.02 Å². The van der Waals surface area contributed by atoms with Gasteiger partial charge in [0.2, 0.25) is 21.8 Å². The number of carboxylic acid groups (broad SMARTS) is 2. The highest BCUT2D eigenvalue weighted by Crippen LogP contribution is 2.60. The van der Waals surface area contributed by atoms with Crippen LogP contribution in [0.15, 0.2) is 77.2 Å². The highest BCUT2D eigenvalue weighted by molar-refractivity contribution is 7.88. The molecule has 6 aromatic rings. The predicted molar refractivity (Wildman–Crippen MR) is 272 cm³/mol. The van der Waals surface area contributed by atoms with Gasteiger partial charge in [-0.3, -0.25) is 24.6 Å². The fourth-order valence-corrected chi connectivity index (χ4v) is 15.7. The second-order valence-electron chi connectivity index (χ2n) is 20.7. The number of fused-ring (bicyclic) bond motifs is 3. The zero-order chi connectivity index (χ0) is 50.8. The predicted octanol–water partition coefficient (Wildman–Crippen LogP) is 8.49. The summed E-state index contributed by atoms with van der Waals surface area (Å²) in [7, 11) is -3.80. The summed E-state index contributed by atoms with van der Waals surface area (Å²) >= 11 is 7.44. The van der Waals surface area contributed by atoms with Crippen molar-refractivity contribution in [3.63, 3.8) is 0 Å². The van der Waals surface area contributed by atoms with E-state index in [1.165, 1.54) is 0 Å². The molecule has 4 aliphatic heterocycles. The van der Waals surface area contributed by atoms with E-state index in [-0.39, 0.29) is 81.9 Å². The number of oxazole rings is 1. The summed E-state index contributed by atoms with van der Waals surface area (Å²) in [4.78, 5) is 70.8. The van der Waals surface area contributed by atoms with Crippen LogP contribution in [0.1, 0.15) is 96.9 Å². The summed E-state index contributed by atoms with van der Waals surface area (Å²) in [5.74, 6) is -3.60. The number of nitrogens with one attached hydrogen (secondary N) is 2. The summed E-state index contributed by atoms with van der Waals surface area (Å²) < 4.78 is 41.7. The molecule has 4 aromatic carbocycles. The van der Waals surface area contributed by atoms with Gasteiger partial charge in [0.25, 0.3) is 11.9 Å². The number of amides is 3. The number of piperidine rings is 3. The number of sulfonamides is 1. The molecule has 374 valence electrons. The van der Waals surface area contributed by atoms with Crippen LogP contribution in [0.5, 0.6) is 5.75 Å². The number of carboxylic acids is 2. The fourth-order valence-electron chi connectivity index (χ4n) is 12.3. The van der Waals surface area contributed by atoms with Gasteiger partial charge >= 0.3 is 11.9 Å². The van der Waals surface area contributed by atoms with Crippen LogP contribution < -0.4 is 25.2 Å². The number of nitrogens with zero attached hydrogens (tertiary/aromatic N) is 4. The molecule has 5 unspecified atom stereocenters. The zero-order valence-corrected chi connectivity index (χ0v) is 42.1. The Morgan fingerprint density at radius 3 is 2.53 bits per heavy atom. The number of aromatic carboxylic acids is 1. The van der Waals surface area contributed by atoms with E-state index in [0.717, 1.165) is 39.8 Å². The van der Waals surface area contributed by atoms with Crippen molar-refractivity contribution >= 4 is 102 Å². The quantitative estimate of drug-likeness (QED) is 0.0796. The Labute approximate surface area is 423 Å². The molecule has 72 heavy (non-hydrogen) atoms. The average molecular weight is 1040 g/mol. The zero-order valence-electron chi connectivity index (χ0n) is 39.7. The van der Waals surface area contributed by atoms with Crippen LogP contribution in [0, 0.1) is 11.3 Å². The standard InChI is InChI=1S/C52H51ClN6O11S2/c1-51(2)22-29(54-28-8-5-7-27(20-28)45-43(53)44(69-24-41(61)62)46(71-45)49(65)66)17-18-58(51)72(67,68)25-26-11-15-38-35(19-26)55-50(70-38)57-23-34-33(21-39(57)52(34,3)4)30-12-13-36-42-31(30)9-6-10-32(42)48(64)59(36)37-14-16-40(60)56-47(37)63/h5-13,15,19-20,29,33-34,37,39,54H,14,16-18,21-25H2,1-4H3,(H,61,62)(H,65,66)(H,56,60,63). The molecule has 0 radical (unpaired) electrons. The lowest BCUT2D eigenvalue weighted by molar-refractivity contribution is -0.139. The second kappa shape index (κ2) is 17.3. The topological polar surface area (TPSA) is 229 Å². The molecule has 17 nitrogen and oxygen atoms in total. The van der Waals surface area contributed by atoms with Gasteiger partial charge in [0.15, 0.2) is 22.8 Å². The summed E-state index contributed by atoms with van der Waals surface area (Å²) in [6.45, 7) is 8.61. The van der Waals surface area contributed by atoms with E-state index in [0.29, 0.717) is 63.8 Å². The smallest absolute Gasteiger partial charge is 0.349 e. The van der Waals surface area contributed by atoms with Crippen molar-refractivity contribution in [2.24, 2.45) is 11.3 Å². The third kappa shape index (κ3) is 7.95. The fraction of sp³-hybridized carbons (Fsp3) is 0.385. The maximum absolute atomic E-state index is 14.2. The molecule has 11 rings (SSSR count). The van der Waals surface area contributed by atoms with Crippen LogP contribution in [0.3, 0.4) is 0 Å². The number of carbonyl (C=O) groups is 5. The number of carbonyl (C=O) groups excluding carboxylic acids is 3. The molecule has 1 aliphatic carbocycles. The van der Waals surface area contributed by atoms with Gasteiger partial charge in [-0.1, -0.05) is 61.8 Å². The first-order valence-corrected chi connectivity index (χ1v) is 26.7. The number of thiophene rings is 1. The average Bonchev–Trinajstić information content (AvgIpc) is 4.09. The number of benzene rings is 4. The number of hydrogen-bond donors (Lipinski definition) is 4. The second-order valence-corrected chi connectivity index (χ2v) is 24.0. The number of ether oxygens (including phenoxy) is 1. The maximum atomic E-state index is 14.2. The Balaban J connectivity index is 0.763. The monoisotopic (exact) mass is 1030 g/mol. The molecular formula is C52H51ClN6O11S2. The summed E-state index contributed by atoms with van der Waals surface area (Å²) in [6, 6.07) is 22.2. The molecule has 1 saturated carbocycles. The van der Waals surface area contributed by atoms with Crippen LogP contribution >= 0.6 is 22.9 Å². The van der Waals surface area contributed by atoms with E-state index in [1.54, 1.807) is 39.5 Å². The van der Waals surface area contributed by atoms with Crippen LogP contribution in [-0.4, -0.2) is 101 Å². The summed E-state index contributed by atoms with van der Waals surface area (Å²) in [5.41, 5.74) is 4.60. The number of aliphatic carboxylic acids is 1. The summed E-state index contributed by atoms with van der Waals surface area (Å²) in [6.07, 6.45) is 2.29. The minimum Gasteiger partial charge on any atom is -0.479 e. The molecule has 3 saturated heterocycles. The van der Waals surface area contributed by atoms with E-state index in [4.69, 9.17) is 30.8 Å². The van der Waals surface area contributed by atoms with E-state index in [1.807, 2.05) is 44.2 Å². The Morgan fingerprint density at radius 2 is 1.81 bits per heavy atom. The van der Waals surface area contributed by atoms with E-state index < -0.39 is 46.1 Å². The van der Waals surface area contributed by atoms with Gasteiger partial charge in [0.1, 0.15) is 16.6 Å². The Hall–Kier alpha value is -6.54. The highest BCUT2D eigenvalue weighted by atomic mass is 35.5. The minimum atomic E-state index is -3.80. The molecule has 2 aromatic heterocycles. The normalized spacial score (nSPS) is 23.6. The number of halogens is 1. The molecule has 0 spiro atoms. The van der Waals surface area contributed by atoms with Gasteiger partial charge in [-0.25, -0.2) is 18.0 Å². The highest BCUT2D eigenvalue weighted by Gasteiger charge is 2.59. The first-order chi connectivity index (χ1) is 34.2. The third-order valence-electron chi connectivity index (χ3n) is 15.5. The molecule has 20 heteroatoms. The molecule has 5 atom stereocenters. The number of aromatic nitrogens is 1. The van der Waals surface area contributed by atoms with Crippen molar-refractivity contribution in [1.82, 2.24) is 14.6 Å². The SMILES string of the molecule is CC1(C)C2CN(c3nc4cc(CS(=O)(=O)N5CCC(Nc6cccc(-c7sc(C(=O)O)c(OCC(=O)O)c7Cl)c6)CC5(C)C)ccc4o3)C1CC2c1ccc2c3c(cccc13)C(=O)N2C1CCC(=O)NC1=O. The van der Waals surface area contributed by atoms with Crippen molar-refractivity contribution in [3.05, 3.63) is 99.4 Å². The Kier molecular flexibility index (Phi) is 11.5. The lowest BCUT2D eigenvalue weighted by Gasteiger charge is -2.45. The number of imide groups is 1. The van der Waals surface area contributed by atoms with Crippen molar-refractivity contribution in [2.45, 2.75) is 95.1 Å². The number of hydrogen-bond acceptors (Lipinski definition) is 13. The van der Waals surface area contributed by atoms with E-state index in [2.05, 4.69) is 41.5 Å². The van der Waals surface area contributed by atoms with Gasteiger partial charge in [-0.05, 0) is 115 Å². The van der Waals surface area contributed by atoms with Gasteiger partial charge in [-0.2, -0.15) is 9.29 Å². The van der Waals surface area contributed by atoms with Crippen molar-refractivity contribution in [2.75, 3.05) is 34.8 Å². The van der Waals surface area contributed by atoms with Crippen LogP contribution in [0.25, 0.3) is 32.3 Å². The minimum absolute atomic E-state index is 0.00647. The van der Waals surface area contributed by atoms with Gasteiger partial charge in [0, 0.05) is 53.8 Å². The van der Waals surface area contributed by atoms with Crippen molar-refractivity contribution in [3.8, 4) is 16.2 Å². The molecule has 4 N–H and O–H groups in total. The first-order valence-electron chi connectivity index (χ1n) is 23.9. The van der Waals surface area contributed by atoms with E-state index >= 15 is 0 Å². The van der Waals surface area contributed by atoms with Crippen molar-refractivity contribution < 1.29 is 51.8 Å². The van der Waals surface area contributed by atoms with E-state index in [9.17, 15) is 37.5 Å². The Bertz CT molecular complexity index is 3420. The van der Waals surface area contributed by atoms with Crippen molar-refractivity contribution in [1.29, 1.82) is 0 Å². The third-order valence-corrected chi connectivity index (χ3v) is 19.3. The molecule has 3 amide bonds. The van der Waals surface area contributed by atoms with Gasteiger partial charge < -0.3 is 29.6 Å². The molecule has 4 fully saturated rings.